The fraction of sp³-hybridized carbons (Fsp3) is 0.0769. The van der Waals surface area contributed by atoms with E-state index < -0.39 is 4.92 Å². The van der Waals surface area contributed by atoms with Crippen molar-refractivity contribution in [1.29, 1.82) is 0 Å². The Bertz CT molecular complexity index is 615. The van der Waals surface area contributed by atoms with Gasteiger partial charge in [-0.1, -0.05) is 29.8 Å². The zero-order valence-corrected chi connectivity index (χ0v) is 10.5. The molecule has 0 fully saturated rings. The van der Waals surface area contributed by atoms with E-state index in [0.717, 1.165) is 0 Å². The lowest BCUT2D eigenvalue weighted by Gasteiger charge is -2.09. The van der Waals surface area contributed by atoms with E-state index >= 15 is 0 Å². The molecule has 0 unspecified atom stereocenters. The van der Waals surface area contributed by atoms with E-state index in [4.69, 9.17) is 16.3 Å². The molecule has 0 saturated heterocycles. The first kappa shape index (κ1) is 13.3. The smallest absolute Gasteiger partial charge is 0.313 e. The van der Waals surface area contributed by atoms with E-state index in [-0.39, 0.29) is 23.1 Å². The van der Waals surface area contributed by atoms with Gasteiger partial charge < -0.3 is 9.84 Å². The lowest BCUT2D eigenvalue weighted by molar-refractivity contribution is -0.385. The van der Waals surface area contributed by atoms with Crippen molar-refractivity contribution in [1.82, 2.24) is 0 Å². The molecule has 0 spiro atoms. The Balaban J connectivity index is 2.41. The summed E-state index contributed by atoms with van der Waals surface area (Å²) in [5.41, 5.74) is 0.326. The predicted octanol–water partition coefficient (Wildman–Crippen LogP) is 3.53. The number of nitro groups is 1. The molecule has 2 aromatic rings. The number of hydrogen-bond acceptors (Lipinski definition) is 4. The van der Waals surface area contributed by atoms with Gasteiger partial charge >= 0.3 is 5.69 Å². The molecule has 6 heteroatoms. The number of nitro benzene ring substituents is 1. The normalized spacial score (nSPS) is 10.2. The van der Waals surface area contributed by atoms with Crippen molar-refractivity contribution < 1.29 is 14.8 Å². The lowest BCUT2D eigenvalue weighted by Crippen LogP contribution is -1.95. The highest BCUT2D eigenvalue weighted by atomic mass is 35.5. The first-order valence-electron chi connectivity index (χ1n) is 5.42. The molecule has 2 rings (SSSR count). The van der Waals surface area contributed by atoms with Crippen molar-refractivity contribution in [3.05, 3.63) is 63.2 Å². The number of hydrogen-bond donors (Lipinski definition) is 1. The van der Waals surface area contributed by atoms with Gasteiger partial charge in [-0.3, -0.25) is 10.1 Å². The number of rotatable bonds is 4. The standard InChI is InChI=1S/C13H10ClNO4/c14-10-5-6-13(11(7-10)15(17)18)19-12-4-2-1-3-9(12)8-16/h1-7,16H,8H2. The number of halogens is 1. The van der Waals surface area contributed by atoms with Crippen LogP contribution < -0.4 is 4.74 Å². The molecule has 0 aliphatic heterocycles. The number of nitrogens with zero attached hydrogens (tertiary/aromatic N) is 1. The van der Waals surface area contributed by atoms with Crippen molar-refractivity contribution in [3.8, 4) is 11.5 Å². The third-order valence-electron chi connectivity index (χ3n) is 2.48. The average Bonchev–Trinajstić information content (AvgIpc) is 2.41. The van der Waals surface area contributed by atoms with Crippen molar-refractivity contribution in [2.45, 2.75) is 6.61 Å². The van der Waals surface area contributed by atoms with Crippen LogP contribution >= 0.6 is 11.6 Å². The van der Waals surface area contributed by atoms with Crippen molar-refractivity contribution in [2.24, 2.45) is 0 Å². The van der Waals surface area contributed by atoms with E-state index in [1.54, 1.807) is 24.3 Å². The number of aliphatic hydroxyl groups is 1. The molecule has 0 aromatic heterocycles. The van der Waals surface area contributed by atoms with Crippen LogP contribution in [0.25, 0.3) is 0 Å². The molecule has 2 aromatic carbocycles. The van der Waals surface area contributed by atoms with Gasteiger partial charge in [-0.2, -0.15) is 0 Å². The summed E-state index contributed by atoms with van der Waals surface area (Å²) in [6.07, 6.45) is 0. The van der Waals surface area contributed by atoms with Gasteiger partial charge in [0, 0.05) is 16.7 Å². The SMILES string of the molecule is O=[N+]([O-])c1cc(Cl)ccc1Oc1ccccc1CO. The molecule has 0 bridgehead atoms. The van der Waals surface area contributed by atoms with Gasteiger partial charge in [0.1, 0.15) is 5.75 Å². The maximum Gasteiger partial charge on any atom is 0.313 e. The molecule has 1 N–H and O–H groups in total. The Morgan fingerprint density at radius 1 is 1.21 bits per heavy atom. The van der Waals surface area contributed by atoms with Crippen LogP contribution in [0.5, 0.6) is 11.5 Å². The van der Waals surface area contributed by atoms with E-state index in [9.17, 15) is 15.2 Å². The second-order valence-electron chi connectivity index (χ2n) is 3.74. The zero-order chi connectivity index (χ0) is 13.8. The summed E-state index contributed by atoms with van der Waals surface area (Å²) in [7, 11) is 0. The number of para-hydroxylation sites is 1. The summed E-state index contributed by atoms with van der Waals surface area (Å²) in [5, 5.41) is 20.4. The van der Waals surface area contributed by atoms with Crippen LogP contribution in [0, 0.1) is 10.1 Å². The predicted molar refractivity (Wildman–Crippen MR) is 70.5 cm³/mol. The van der Waals surface area contributed by atoms with Gasteiger partial charge in [-0.25, -0.2) is 0 Å². The number of aliphatic hydroxyl groups excluding tert-OH is 1. The second kappa shape index (κ2) is 5.69. The summed E-state index contributed by atoms with van der Waals surface area (Å²) >= 11 is 5.72. The summed E-state index contributed by atoms with van der Waals surface area (Å²) in [5.74, 6) is 0.450. The average molecular weight is 280 g/mol. The van der Waals surface area contributed by atoms with Crippen LogP contribution in [0.1, 0.15) is 5.56 Å². The molecular formula is C13H10ClNO4. The minimum atomic E-state index is -0.567. The molecule has 0 saturated carbocycles. The fourth-order valence-electron chi connectivity index (χ4n) is 1.57. The molecule has 5 nitrogen and oxygen atoms in total. The molecular weight excluding hydrogens is 270 g/mol. The maximum absolute atomic E-state index is 10.9. The molecule has 0 aliphatic carbocycles. The van der Waals surface area contributed by atoms with Crippen LogP contribution in [-0.4, -0.2) is 10.0 Å². The first-order chi connectivity index (χ1) is 9.11. The highest BCUT2D eigenvalue weighted by Gasteiger charge is 2.17. The van der Waals surface area contributed by atoms with Gasteiger partial charge in [0.25, 0.3) is 0 Å². The third kappa shape index (κ3) is 3.01. The van der Waals surface area contributed by atoms with Crippen molar-refractivity contribution in [3.63, 3.8) is 0 Å². The fourth-order valence-corrected chi connectivity index (χ4v) is 1.74. The minimum Gasteiger partial charge on any atom is -0.450 e. The highest BCUT2D eigenvalue weighted by molar-refractivity contribution is 6.30. The molecule has 19 heavy (non-hydrogen) atoms. The Morgan fingerprint density at radius 2 is 1.95 bits per heavy atom. The van der Waals surface area contributed by atoms with Gasteiger partial charge in [-0.15, -0.1) is 0 Å². The number of benzene rings is 2. The minimum absolute atomic E-state index is 0.0790. The number of ether oxygens (including phenoxy) is 1. The van der Waals surface area contributed by atoms with Crippen LogP contribution in [0.2, 0.25) is 5.02 Å². The van der Waals surface area contributed by atoms with Crippen LogP contribution in [0.4, 0.5) is 5.69 Å². The lowest BCUT2D eigenvalue weighted by atomic mass is 10.2. The van der Waals surface area contributed by atoms with E-state index in [0.29, 0.717) is 11.3 Å². The molecule has 98 valence electrons. The van der Waals surface area contributed by atoms with Gasteiger partial charge in [-0.05, 0) is 18.2 Å². The Morgan fingerprint density at radius 3 is 2.63 bits per heavy atom. The van der Waals surface area contributed by atoms with Gasteiger partial charge in [0.05, 0.1) is 11.5 Å². The van der Waals surface area contributed by atoms with E-state index in [2.05, 4.69) is 0 Å². The quantitative estimate of drug-likeness (QED) is 0.686. The molecule has 0 aliphatic rings. The maximum atomic E-state index is 10.9. The topological polar surface area (TPSA) is 72.6 Å². The highest BCUT2D eigenvalue weighted by Crippen LogP contribution is 2.34. The van der Waals surface area contributed by atoms with E-state index in [1.165, 1.54) is 18.2 Å². The van der Waals surface area contributed by atoms with E-state index in [1.807, 2.05) is 0 Å². The van der Waals surface area contributed by atoms with Crippen LogP contribution in [-0.2, 0) is 6.61 Å². The summed E-state index contributed by atoms with van der Waals surface area (Å²) < 4.78 is 5.49. The van der Waals surface area contributed by atoms with Crippen molar-refractivity contribution >= 4 is 17.3 Å². The molecule has 0 atom stereocenters. The van der Waals surface area contributed by atoms with Crippen LogP contribution in [0.3, 0.4) is 0 Å². The van der Waals surface area contributed by atoms with Gasteiger partial charge in [0.2, 0.25) is 5.75 Å². The Labute approximate surface area is 114 Å². The Kier molecular flexibility index (Phi) is 3.99. The summed E-state index contributed by atoms with van der Waals surface area (Å²) in [6.45, 7) is -0.211. The largest absolute Gasteiger partial charge is 0.450 e. The third-order valence-corrected chi connectivity index (χ3v) is 2.72. The van der Waals surface area contributed by atoms with Gasteiger partial charge in [0.15, 0.2) is 0 Å². The van der Waals surface area contributed by atoms with Crippen molar-refractivity contribution in [2.75, 3.05) is 0 Å². The second-order valence-corrected chi connectivity index (χ2v) is 4.17. The monoisotopic (exact) mass is 279 g/mol. The molecule has 0 amide bonds. The summed E-state index contributed by atoms with van der Waals surface area (Å²) in [6, 6.07) is 10.9. The summed E-state index contributed by atoms with van der Waals surface area (Å²) in [4.78, 5) is 10.4. The molecule has 0 radical (unpaired) electrons. The van der Waals surface area contributed by atoms with Crippen LogP contribution in [0.15, 0.2) is 42.5 Å². The Hall–Kier alpha value is -2.11. The molecule has 0 heterocycles. The zero-order valence-electron chi connectivity index (χ0n) is 9.75. The first-order valence-corrected chi connectivity index (χ1v) is 5.80.